The molecule has 0 radical (unpaired) electrons. The maximum absolute atomic E-state index is 14.0. The molecule has 0 N–H and O–H groups in total. The van der Waals surface area contributed by atoms with Gasteiger partial charge in [-0.05, 0) is 69.2 Å². The van der Waals surface area contributed by atoms with Crippen LogP contribution < -0.4 is 0 Å². The molecule has 0 heterocycles. The zero-order valence-corrected chi connectivity index (χ0v) is 35.0. The fraction of sp³-hybridized carbons (Fsp3) is 0.659. The van der Waals surface area contributed by atoms with Gasteiger partial charge in [-0.15, -0.1) is 0 Å². The molecule has 0 fully saturated rings. The maximum atomic E-state index is 14.0. The lowest BCUT2D eigenvalue weighted by atomic mass is 9.55. The summed E-state index contributed by atoms with van der Waals surface area (Å²) in [5, 5.41) is 0. The SMILES string of the molecule is C=CC(=O)OC1(C(C)(C)C2(OC(=O)C=C)C(OCC)=C(OCC)C(OCC)=C(OCC)C2OCC)C(OCC)=C(OCC)C(OCC)=C(OCC)C1OCC. The quantitative estimate of drug-likeness (QED) is 0.0661. The van der Waals surface area contributed by atoms with E-state index >= 15 is 0 Å². The minimum atomic E-state index is -2.18. The maximum Gasteiger partial charge on any atom is 0.331 e. The Morgan fingerprint density at radius 1 is 0.491 bits per heavy atom. The molecule has 0 saturated heterocycles. The molecule has 0 amide bonds. The molecule has 0 saturated carbocycles. The average molecular weight is 781 g/mol. The summed E-state index contributed by atoms with van der Waals surface area (Å²) in [4.78, 5) is 28.1. The van der Waals surface area contributed by atoms with Crippen molar-refractivity contribution in [2.24, 2.45) is 5.41 Å². The van der Waals surface area contributed by atoms with Gasteiger partial charge in [0, 0.05) is 25.4 Å². The molecule has 0 aliphatic heterocycles. The standard InChI is InChI=1S/C41H64O14/c1-15-27(42)54-40(35(50-23-9)31(46-19-5)29(44-17-3)32(47-20-6)36(40)51-24-10)39(13,14)41(55-28(43)16-2)37(52-25-11)33(48-21-7)30(45-18-4)34(49-22-8)38(41)53-26-12/h15-16,35,37H,1-2,17-26H2,3-14H3. The molecule has 2 aliphatic rings. The summed E-state index contributed by atoms with van der Waals surface area (Å²) in [7, 11) is 0. The Bertz CT molecular complexity index is 1350. The molecule has 0 aromatic rings. The van der Waals surface area contributed by atoms with Gasteiger partial charge in [0.2, 0.25) is 34.2 Å². The molecule has 14 heteroatoms. The Balaban J connectivity index is 3.67. The first-order chi connectivity index (χ1) is 26.4. The molecule has 0 aromatic heterocycles. The molecule has 2 aliphatic carbocycles. The van der Waals surface area contributed by atoms with E-state index in [0.717, 1.165) is 12.2 Å². The second-order valence-corrected chi connectivity index (χ2v) is 12.2. The summed E-state index contributed by atoms with van der Waals surface area (Å²) in [6.45, 7) is 30.0. The second kappa shape index (κ2) is 21.7. The van der Waals surface area contributed by atoms with E-state index in [-0.39, 0.29) is 112 Å². The van der Waals surface area contributed by atoms with E-state index in [0.29, 0.717) is 0 Å². The Hall–Kier alpha value is -4.30. The van der Waals surface area contributed by atoms with Crippen molar-refractivity contribution in [3.05, 3.63) is 71.4 Å². The van der Waals surface area contributed by atoms with E-state index in [1.54, 1.807) is 69.2 Å². The number of ether oxygens (including phenoxy) is 12. The molecule has 2 rings (SSSR count). The van der Waals surface area contributed by atoms with Crippen molar-refractivity contribution in [3.8, 4) is 0 Å². The highest BCUT2D eigenvalue weighted by Gasteiger charge is 2.78. The third-order valence-corrected chi connectivity index (χ3v) is 8.87. The minimum Gasteiger partial charge on any atom is -0.491 e. The fourth-order valence-corrected chi connectivity index (χ4v) is 7.03. The number of carbonyl (C=O) groups excluding carboxylic acids is 2. The summed E-state index contributed by atoms with van der Waals surface area (Å²) in [6, 6.07) is 0. The topological polar surface area (TPSA) is 145 Å². The van der Waals surface area contributed by atoms with Crippen molar-refractivity contribution in [1.29, 1.82) is 0 Å². The highest BCUT2D eigenvalue weighted by molar-refractivity contribution is 5.83. The van der Waals surface area contributed by atoms with Crippen LogP contribution in [-0.4, -0.2) is 101 Å². The van der Waals surface area contributed by atoms with Gasteiger partial charge >= 0.3 is 11.9 Å². The van der Waals surface area contributed by atoms with E-state index in [1.165, 1.54) is 0 Å². The van der Waals surface area contributed by atoms with Crippen LogP contribution in [0, 0.1) is 5.41 Å². The summed E-state index contributed by atoms with van der Waals surface area (Å²) >= 11 is 0. The van der Waals surface area contributed by atoms with Crippen molar-refractivity contribution in [3.63, 3.8) is 0 Å². The van der Waals surface area contributed by atoms with Crippen molar-refractivity contribution < 1.29 is 66.4 Å². The van der Waals surface area contributed by atoms with Gasteiger partial charge < -0.3 is 56.8 Å². The smallest absolute Gasteiger partial charge is 0.331 e. The Kier molecular flexibility index (Phi) is 18.5. The molecule has 312 valence electrons. The van der Waals surface area contributed by atoms with Crippen molar-refractivity contribution in [1.82, 2.24) is 0 Å². The summed E-state index contributed by atoms with van der Waals surface area (Å²) in [6.07, 6.45) is -0.674. The molecule has 0 spiro atoms. The monoisotopic (exact) mass is 780 g/mol. The van der Waals surface area contributed by atoms with Gasteiger partial charge in [0.05, 0.1) is 58.3 Å². The highest BCUT2D eigenvalue weighted by Crippen LogP contribution is 2.63. The van der Waals surface area contributed by atoms with Crippen LogP contribution in [0.25, 0.3) is 0 Å². The van der Waals surface area contributed by atoms with Crippen LogP contribution in [-0.2, 0) is 66.4 Å². The zero-order chi connectivity index (χ0) is 41.4. The van der Waals surface area contributed by atoms with Crippen LogP contribution in [0.2, 0.25) is 0 Å². The molecule has 4 atom stereocenters. The van der Waals surface area contributed by atoms with Crippen molar-refractivity contribution >= 4 is 11.9 Å². The van der Waals surface area contributed by atoms with Crippen molar-refractivity contribution in [2.75, 3.05) is 66.1 Å². The highest BCUT2D eigenvalue weighted by atomic mass is 16.6. The van der Waals surface area contributed by atoms with Gasteiger partial charge in [0.1, 0.15) is 0 Å². The van der Waals surface area contributed by atoms with Gasteiger partial charge in [-0.1, -0.05) is 27.0 Å². The lowest BCUT2D eigenvalue weighted by molar-refractivity contribution is -0.270. The fourth-order valence-electron chi connectivity index (χ4n) is 7.03. The second-order valence-electron chi connectivity index (χ2n) is 12.2. The largest absolute Gasteiger partial charge is 0.491 e. The molecule has 0 bridgehead atoms. The number of esters is 2. The van der Waals surface area contributed by atoms with Gasteiger partial charge in [-0.3, -0.25) is 0 Å². The van der Waals surface area contributed by atoms with E-state index in [4.69, 9.17) is 56.8 Å². The lowest BCUT2D eigenvalue weighted by Gasteiger charge is -2.60. The van der Waals surface area contributed by atoms with E-state index in [9.17, 15) is 9.59 Å². The Morgan fingerprint density at radius 3 is 1.04 bits per heavy atom. The summed E-state index contributed by atoms with van der Waals surface area (Å²) in [5.41, 5.74) is -6.20. The van der Waals surface area contributed by atoms with Crippen LogP contribution in [0.4, 0.5) is 0 Å². The van der Waals surface area contributed by atoms with Gasteiger partial charge in [0.25, 0.3) is 0 Å². The van der Waals surface area contributed by atoms with Gasteiger partial charge in [0.15, 0.2) is 35.2 Å². The number of hydrogen-bond acceptors (Lipinski definition) is 14. The molecular weight excluding hydrogens is 716 g/mol. The molecule has 0 aromatic carbocycles. The normalized spacial score (nSPS) is 22.8. The average Bonchev–Trinajstić information content (AvgIpc) is 3.16. The van der Waals surface area contributed by atoms with Crippen LogP contribution in [0.5, 0.6) is 0 Å². The molecule has 14 nitrogen and oxygen atoms in total. The molecule has 4 unspecified atom stereocenters. The van der Waals surface area contributed by atoms with E-state index in [1.807, 2.05) is 13.8 Å². The summed E-state index contributed by atoms with van der Waals surface area (Å²) in [5.74, 6) is -0.994. The van der Waals surface area contributed by atoms with E-state index < -0.39 is 40.8 Å². The minimum absolute atomic E-state index is 0.0157. The third-order valence-electron chi connectivity index (χ3n) is 8.87. The number of rotatable bonds is 26. The van der Waals surface area contributed by atoms with Gasteiger partial charge in [-0.25, -0.2) is 9.59 Å². The number of hydrogen-bond donors (Lipinski definition) is 0. The van der Waals surface area contributed by atoms with Crippen LogP contribution in [0.3, 0.4) is 0 Å². The Labute approximate surface area is 327 Å². The van der Waals surface area contributed by atoms with Gasteiger partial charge in [-0.2, -0.15) is 0 Å². The summed E-state index contributed by atoms with van der Waals surface area (Å²) < 4.78 is 77.9. The predicted octanol–water partition coefficient (Wildman–Crippen LogP) is 6.92. The van der Waals surface area contributed by atoms with Crippen LogP contribution in [0.1, 0.15) is 83.1 Å². The Morgan fingerprint density at radius 2 is 0.782 bits per heavy atom. The lowest BCUT2D eigenvalue weighted by Crippen LogP contribution is -2.74. The van der Waals surface area contributed by atoms with Crippen LogP contribution >= 0.6 is 0 Å². The molecular formula is C41H64O14. The number of carbonyl (C=O) groups is 2. The van der Waals surface area contributed by atoms with Crippen molar-refractivity contribution in [2.45, 2.75) is 106 Å². The first kappa shape index (κ1) is 46.9. The predicted molar refractivity (Wildman–Crippen MR) is 204 cm³/mol. The first-order valence-corrected chi connectivity index (χ1v) is 19.3. The van der Waals surface area contributed by atoms with E-state index in [2.05, 4.69) is 13.2 Å². The third kappa shape index (κ3) is 8.75. The zero-order valence-electron chi connectivity index (χ0n) is 35.0. The first-order valence-electron chi connectivity index (χ1n) is 19.3. The molecule has 55 heavy (non-hydrogen) atoms. The van der Waals surface area contributed by atoms with Crippen LogP contribution in [0.15, 0.2) is 71.4 Å².